The molecule has 0 aromatic carbocycles. The molecule has 1 aliphatic rings. The van der Waals surface area contributed by atoms with Crippen LogP contribution in [0.25, 0.3) is 0 Å². The molecule has 0 heterocycles. The Morgan fingerprint density at radius 2 is 1.46 bits per heavy atom. The van der Waals surface area contributed by atoms with Gasteiger partial charge in [0.05, 0.1) is 0 Å². The second-order valence-corrected chi connectivity index (χ2v) is 4.38. The highest BCUT2D eigenvalue weighted by atomic mass is 16.1. The van der Waals surface area contributed by atoms with Crippen molar-refractivity contribution in [2.45, 2.75) is 64.7 Å². The Balaban J connectivity index is 2.31. The lowest BCUT2D eigenvalue weighted by Crippen LogP contribution is -2.10. The van der Waals surface area contributed by atoms with E-state index < -0.39 is 0 Å². The van der Waals surface area contributed by atoms with Crippen LogP contribution in [0.2, 0.25) is 0 Å². The van der Waals surface area contributed by atoms with E-state index in [4.69, 9.17) is 0 Å². The molecule has 1 atom stereocenters. The highest BCUT2D eigenvalue weighted by Gasteiger charge is 2.12. The van der Waals surface area contributed by atoms with Gasteiger partial charge in [-0.25, -0.2) is 0 Å². The van der Waals surface area contributed by atoms with Gasteiger partial charge in [0, 0.05) is 12.3 Å². The molecule has 76 valence electrons. The first kappa shape index (κ1) is 10.7. The average molecular weight is 182 g/mol. The minimum atomic E-state index is 0.332. The number of ketones is 1. The minimum absolute atomic E-state index is 0.332. The SMILES string of the molecule is CC1CCCCCCCCCC1=O. The molecule has 0 aromatic heterocycles. The van der Waals surface area contributed by atoms with E-state index in [1.807, 2.05) is 0 Å². The number of rotatable bonds is 0. The van der Waals surface area contributed by atoms with Gasteiger partial charge in [-0.3, -0.25) is 4.79 Å². The molecule has 1 aliphatic carbocycles. The molecule has 0 aromatic rings. The van der Waals surface area contributed by atoms with Gasteiger partial charge >= 0.3 is 0 Å². The molecule has 0 radical (unpaired) electrons. The van der Waals surface area contributed by atoms with Crippen molar-refractivity contribution in [2.75, 3.05) is 0 Å². The van der Waals surface area contributed by atoms with Crippen LogP contribution in [0.4, 0.5) is 0 Å². The largest absolute Gasteiger partial charge is 0.299 e. The molecule has 0 bridgehead atoms. The monoisotopic (exact) mass is 182 g/mol. The molecule has 0 amide bonds. The predicted molar refractivity (Wildman–Crippen MR) is 55.7 cm³/mol. The normalized spacial score (nSPS) is 28.1. The highest BCUT2D eigenvalue weighted by molar-refractivity contribution is 5.80. The number of hydrogen-bond donors (Lipinski definition) is 0. The second kappa shape index (κ2) is 6.17. The van der Waals surface area contributed by atoms with Crippen molar-refractivity contribution >= 4 is 5.78 Å². The number of carbonyl (C=O) groups excluding carboxylic acids is 1. The zero-order valence-electron chi connectivity index (χ0n) is 8.85. The summed E-state index contributed by atoms with van der Waals surface area (Å²) in [7, 11) is 0. The summed E-state index contributed by atoms with van der Waals surface area (Å²) in [6.45, 7) is 2.10. The Morgan fingerprint density at radius 1 is 0.923 bits per heavy atom. The summed E-state index contributed by atoms with van der Waals surface area (Å²) in [5.74, 6) is 0.833. The molecule has 0 N–H and O–H groups in total. The molecule has 1 fully saturated rings. The number of Topliss-reactive ketones (excluding diaryl/α,β-unsaturated/α-hetero) is 1. The van der Waals surface area contributed by atoms with Crippen LogP contribution in [0.15, 0.2) is 0 Å². The predicted octanol–water partition coefficient (Wildman–Crippen LogP) is 3.72. The van der Waals surface area contributed by atoms with Crippen LogP contribution in [0, 0.1) is 5.92 Å². The molecule has 0 aliphatic heterocycles. The standard InChI is InChI=1S/C12H22O/c1-11-9-7-5-3-2-4-6-8-10-12(11)13/h11H,2-10H2,1H3. The molecule has 1 nitrogen and oxygen atoms in total. The molecule has 0 spiro atoms. The fourth-order valence-corrected chi connectivity index (χ4v) is 2.04. The van der Waals surface area contributed by atoms with Crippen LogP contribution in [-0.4, -0.2) is 5.78 Å². The van der Waals surface area contributed by atoms with Gasteiger partial charge in [-0.2, -0.15) is 0 Å². The van der Waals surface area contributed by atoms with E-state index in [-0.39, 0.29) is 0 Å². The van der Waals surface area contributed by atoms with Crippen molar-refractivity contribution in [1.29, 1.82) is 0 Å². The first-order valence-corrected chi connectivity index (χ1v) is 5.83. The summed E-state index contributed by atoms with van der Waals surface area (Å²) >= 11 is 0. The fraction of sp³-hybridized carbons (Fsp3) is 0.917. The van der Waals surface area contributed by atoms with Gasteiger partial charge in [0.2, 0.25) is 0 Å². The highest BCUT2D eigenvalue weighted by Crippen LogP contribution is 2.18. The van der Waals surface area contributed by atoms with Gasteiger partial charge in [-0.15, -0.1) is 0 Å². The Labute approximate surface area is 81.9 Å². The third-order valence-corrected chi connectivity index (χ3v) is 3.11. The summed E-state index contributed by atoms with van der Waals surface area (Å²) in [4.78, 5) is 11.5. The number of hydrogen-bond acceptors (Lipinski definition) is 1. The summed E-state index contributed by atoms with van der Waals surface area (Å²) in [5, 5.41) is 0. The molecule has 13 heavy (non-hydrogen) atoms. The van der Waals surface area contributed by atoms with Crippen LogP contribution in [0.1, 0.15) is 64.7 Å². The van der Waals surface area contributed by atoms with E-state index in [1.165, 1.54) is 38.5 Å². The first-order chi connectivity index (χ1) is 6.30. The van der Waals surface area contributed by atoms with Gasteiger partial charge in [0.25, 0.3) is 0 Å². The average Bonchev–Trinajstić information content (AvgIpc) is 2.16. The quantitative estimate of drug-likeness (QED) is 0.558. The maximum absolute atomic E-state index is 11.5. The summed E-state index contributed by atoms with van der Waals surface area (Å²) in [6.07, 6.45) is 11.0. The van der Waals surface area contributed by atoms with E-state index in [1.54, 1.807) is 0 Å². The topological polar surface area (TPSA) is 17.1 Å². The maximum atomic E-state index is 11.5. The van der Waals surface area contributed by atoms with Crippen molar-refractivity contribution in [3.63, 3.8) is 0 Å². The zero-order valence-corrected chi connectivity index (χ0v) is 8.85. The lowest BCUT2D eigenvalue weighted by molar-refractivity contribution is -0.122. The van der Waals surface area contributed by atoms with Gasteiger partial charge in [-0.1, -0.05) is 45.4 Å². The lowest BCUT2D eigenvalue weighted by atomic mass is 9.96. The van der Waals surface area contributed by atoms with E-state index in [9.17, 15) is 4.79 Å². The lowest BCUT2D eigenvalue weighted by Gasteiger charge is -2.08. The van der Waals surface area contributed by atoms with Crippen LogP contribution < -0.4 is 0 Å². The zero-order chi connectivity index (χ0) is 9.52. The van der Waals surface area contributed by atoms with E-state index in [2.05, 4.69) is 6.92 Å². The summed E-state index contributed by atoms with van der Waals surface area (Å²) in [5.41, 5.74) is 0. The van der Waals surface area contributed by atoms with Crippen molar-refractivity contribution in [3.05, 3.63) is 0 Å². The molecule has 1 saturated carbocycles. The Morgan fingerprint density at radius 3 is 2.15 bits per heavy atom. The van der Waals surface area contributed by atoms with Crippen LogP contribution >= 0.6 is 0 Å². The van der Waals surface area contributed by atoms with Crippen molar-refractivity contribution in [1.82, 2.24) is 0 Å². The Hall–Kier alpha value is -0.330. The summed E-state index contributed by atoms with van der Waals surface area (Å²) < 4.78 is 0. The second-order valence-electron chi connectivity index (χ2n) is 4.38. The molecule has 0 saturated heterocycles. The van der Waals surface area contributed by atoms with Crippen LogP contribution in [-0.2, 0) is 4.79 Å². The third kappa shape index (κ3) is 4.44. The summed E-state index contributed by atoms with van der Waals surface area (Å²) in [6, 6.07) is 0. The Bertz CT molecular complexity index is 151. The Kier molecular flexibility index (Phi) is 5.10. The van der Waals surface area contributed by atoms with Crippen LogP contribution in [0.3, 0.4) is 0 Å². The number of carbonyl (C=O) groups is 1. The van der Waals surface area contributed by atoms with Gasteiger partial charge in [0.1, 0.15) is 5.78 Å². The molecular formula is C12H22O. The maximum Gasteiger partial charge on any atom is 0.135 e. The smallest absolute Gasteiger partial charge is 0.135 e. The van der Waals surface area contributed by atoms with Crippen LogP contribution in [0.5, 0.6) is 0 Å². The minimum Gasteiger partial charge on any atom is -0.299 e. The molecule has 1 rings (SSSR count). The van der Waals surface area contributed by atoms with Gasteiger partial charge < -0.3 is 0 Å². The van der Waals surface area contributed by atoms with E-state index in [0.717, 1.165) is 19.3 Å². The van der Waals surface area contributed by atoms with E-state index >= 15 is 0 Å². The fourth-order valence-electron chi connectivity index (χ4n) is 2.04. The molecule has 1 heteroatoms. The van der Waals surface area contributed by atoms with Crippen molar-refractivity contribution in [2.24, 2.45) is 5.92 Å². The van der Waals surface area contributed by atoms with Crippen molar-refractivity contribution < 1.29 is 4.79 Å². The first-order valence-electron chi connectivity index (χ1n) is 5.83. The van der Waals surface area contributed by atoms with Gasteiger partial charge in [0.15, 0.2) is 0 Å². The van der Waals surface area contributed by atoms with E-state index in [0.29, 0.717) is 11.7 Å². The third-order valence-electron chi connectivity index (χ3n) is 3.11. The van der Waals surface area contributed by atoms with Gasteiger partial charge in [-0.05, 0) is 12.8 Å². The van der Waals surface area contributed by atoms with Crippen molar-refractivity contribution in [3.8, 4) is 0 Å². The molecular weight excluding hydrogens is 160 g/mol. The molecule has 1 unspecified atom stereocenters.